The van der Waals surface area contributed by atoms with E-state index in [-0.39, 0.29) is 54.6 Å². The Hall–Kier alpha value is -7.16. The summed E-state index contributed by atoms with van der Waals surface area (Å²) in [5, 5.41) is 101. The van der Waals surface area contributed by atoms with Crippen molar-refractivity contribution < 1.29 is 97.1 Å². The number of phenols is 10. The Morgan fingerprint density at radius 3 is 1.48 bits per heavy atom. The maximum Gasteiger partial charge on any atom is 0.325 e. The summed E-state index contributed by atoms with van der Waals surface area (Å²) in [5.41, 5.74) is -0.255. The van der Waals surface area contributed by atoms with Crippen LogP contribution in [0.3, 0.4) is 0 Å². The number of sulfone groups is 1. The highest BCUT2D eigenvalue weighted by Gasteiger charge is 2.22. The van der Waals surface area contributed by atoms with Gasteiger partial charge in [-0.05, 0) is 82.8 Å². The fourth-order valence-corrected chi connectivity index (χ4v) is 6.67. The van der Waals surface area contributed by atoms with Gasteiger partial charge < -0.3 is 55.6 Å². The molecular formula is C38H32BrCl2NO21S2. The molecule has 1 unspecified atom stereocenters. The van der Waals surface area contributed by atoms with E-state index >= 15 is 0 Å². The summed E-state index contributed by atoms with van der Waals surface area (Å²) in [7, 11) is -7.31. The predicted molar refractivity (Wildman–Crippen MR) is 234 cm³/mol. The molecule has 348 valence electrons. The zero-order valence-electron chi connectivity index (χ0n) is 32.6. The van der Waals surface area contributed by atoms with Crippen LogP contribution < -0.4 is 0 Å². The normalized spacial score (nSPS) is 11.1. The van der Waals surface area contributed by atoms with Crippen LogP contribution in [0.25, 0.3) is 0 Å². The van der Waals surface area contributed by atoms with E-state index in [0.717, 1.165) is 42.7 Å². The number of nitro groups is 1. The third kappa shape index (κ3) is 14.7. The number of carbonyl (C=O) groups is 5. The minimum Gasteiger partial charge on any atom is -0.504 e. The van der Waals surface area contributed by atoms with E-state index in [9.17, 15) is 67.1 Å². The van der Waals surface area contributed by atoms with Crippen LogP contribution in [-0.2, 0) is 19.6 Å². The van der Waals surface area contributed by atoms with E-state index in [2.05, 4.69) is 21.8 Å². The molecular weight excluding hydrogens is 1020 g/mol. The van der Waals surface area contributed by atoms with Crippen molar-refractivity contribution in [2.24, 2.45) is 0 Å². The van der Waals surface area contributed by atoms with E-state index in [4.69, 9.17) is 58.4 Å². The van der Waals surface area contributed by atoms with Crippen LogP contribution in [0, 0.1) is 17.0 Å². The highest BCUT2D eigenvalue weighted by Crippen LogP contribution is 2.41. The number of aldehydes is 5. The van der Waals surface area contributed by atoms with E-state index in [1.165, 1.54) is 12.1 Å². The van der Waals surface area contributed by atoms with Gasteiger partial charge >= 0.3 is 5.69 Å². The number of halogens is 3. The number of benzene rings is 5. The first-order valence-electron chi connectivity index (χ1n) is 16.4. The monoisotopic (exact) mass is 1050 g/mol. The molecule has 27 heteroatoms. The Bertz CT molecular complexity index is 2750. The molecule has 0 bridgehead atoms. The number of rotatable bonds is 8. The summed E-state index contributed by atoms with van der Waals surface area (Å²) in [4.78, 5) is 60.2. The fraction of sp³-hybridized carbons (Fsp3) is 0.0526. The van der Waals surface area contributed by atoms with Gasteiger partial charge in [0.1, 0.15) is 32.2 Å². The van der Waals surface area contributed by atoms with E-state index in [0.29, 0.717) is 36.3 Å². The number of hydrogen-bond donors (Lipinski definition) is 11. The first-order valence-corrected chi connectivity index (χ1v) is 21.6. The van der Waals surface area contributed by atoms with Gasteiger partial charge in [0.05, 0.1) is 25.0 Å². The van der Waals surface area contributed by atoms with Crippen molar-refractivity contribution in [2.45, 2.75) is 16.7 Å². The first kappa shape index (κ1) is 55.9. The molecule has 11 N–H and O–H groups in total. The smallest absolute Gasteiger partial charge is 0.325 e. The minimum absolute atomic E-state index is 0.0132. The standard InChI is InChI=1S/C8H7BrO3.2C8H8O5S.C7H4Cl2O3.C7H5NO5/c1-4-2-5(3-10)6(9)8(12)7(4)11;2*1-14(12,13)7-3-5(4-9)2-6(10)8(7)11;8-4-1-3(2-10)5(9)7(12)6(4)11;9-3-4-1-2-5(10)7(11)6(4)8(12)13/h2-3,11-12H,1H3;2-4,10-11H,1H3;2-4,10-11H,1H2,(H,12,13);1-2,11-12H;1-3,10-11H. The van der Waals surface area contributed by atoms with Crippen LogP contribution in [0.5, 0.6) is 57.5 Å². The Morgan fingerprint density at radius 1 is 0.600 bits per heavy atom. The summed E-state index contributed by atoms with van der Waals surface area (Å²) in [6.07, 6.45) is 2.92. The number of aryl methyl sites for hydroxylation is 1. The van der Waals surface area contributed by atoms with Gasteiger partial charge in [0.25, 0.3) is 0 Å². The van der Waals surface area contributed by atoms with E-state index in [1.807, 2.05) is 0 Å². The van der Waals surface area contributed by atoms with Gasteiger partial charge in [0, 0.05) is 28.5 Å². The summed E-state index contributed by atoms with van der Waals surface area (Å²) >= 11 is 13.9. The number of carbonyl (C=O) groups excluding carboxylic acids is 5. The number of nitro benzene ring substituents is 1. The maximum absolute atomic E-state index is 11.1. The Balaban J connectivity index is 0.000000407. The lowest BCUT2D eigenvalue weighted by Crippen LogP contribution is -1.99. The average Bonchev–Trinajstić information content (AvgIpc) is 3.24. The van der Waals surface area contributed by atoms with Crippen LogP contribution in [0.2, 0.25) is 10.0 Å². The first-order chi connectivity index (χ1) is 29.9. The van der Waals surface area contributed by atoms with Crippen molar-refractivity contribution >= 4 is 102 Å². The van der Waals surface area contributed by atoms with Gasteiger partial charge in [-0.25, -0.2) is 12.6 Å². The molecule has 5 rings (SSSR count). The summed E-state index contributed by atoms with van der Waals surface area (Å²) < 4.78 is 42.5. The molecule has 5 aromatic rings. The molecule has 0 aliphatic carbocycles. The quantitative estimate of drug-likeness (QED) is 0.0288. The maximum atomic E-state index is 11.1. The zero-order valence-corrected chi connectivity index (χ0v) is 37.3. The molecule has 5 aromatic carbocycles. The highest BCUT2D eigenvalue weighted by molar-refractivity contribution is 9.10. The molecule has 0 aliphatic heterocycles. The Kier molecular flexibility index (Phi) is 20.2. The third-order valence-electron chi connectivity index (χ3n) is 7.52. The van der Waals surface area contributed by atoms with Crippen molar-refractivity contribution in [3.63, 3.8) is 0 Å². The van der Waals surface area contributed by atoms with E-state index in [1.54, 1.807) is 6.92 Å². The van der Waals surface area contributed by atoms with Gasteiger partial charge in [-0.15, -0.1) is 0 Å². The molecule has 0 heterocycles. The molecule has 0 aliphatic rings. The van der Waals surface area contributed by atoms with Crippen LogP contribution in [-0.4, -0.2) is 117 Å². The summed E-state index contributed by atoms with van der Waals surface area (Å²) in [6, 6.07) is 8.69. The second kappa shape index (κ2) is 23.5. The van der Waals surface area contributed by atoms with Crippen molar-refractivity contribution in [1.82, 2.24) is 0 Å². The number of hydrogen-bond acceptors (Lipinski definition) is 20. The fourth-order valence-electron chi connectivity index (χ4n) is 4.35. The van der Waals surface area contributed by atoms with E-state index < -0.39 is 86.0 Å². The molecule has 0 amide bonds. The van der Waals surface area contributed by atoms with Crippen molar-refractivity contribution in [3.8, 4) is 57.5 Å². The van der Waals surface area contributed by atoms with Crippen molar-refractivity contribution in [2.75, 3.05) is 6.26 Å². The molecule has 0 spiro atoms. The second-order valence-corrected chi connectivity index (χ2v) is 17.4. The molecule has 1 atom stereocenters. The molecule has 22 nitrogen and oxygen atoms in total. The lowest BCUT2D eigenvalue weighted by Gasteiger charge is -2.06. The topological polar surface area (TPSA) is 402 Å². The van der Waals surface area contributed by atoms with Crippen LogP contribution >= 0.6 is 39.1 Å². The van der Waals surface area contributed by atoms with Gasteiger partial charge in [0.15, 0.2) is 80.4 Å². The highest BCUT2D eigenvalue weighted by atomic mass is 79.9. The van der Waals surface area contributed by atoms with Gasteiger partial charge in [-0.2, -0.15) is 0 Å². The Morgan fingerprint density at radius 2 is 1.06 bits per heavy atom. The molecule has 0 saturated carbocycles. The molecule has 0 radical (unpaired) electrons. The number of nitrogens with zero attached hydrogens (tertiary/aromatic N) is 1. The zero-order chi connectivity index (χ0) is 50.5. The number of aromatic hydroxyl groups is 10. The lowest BCUT2D eigenvalue weighted by atomic mass is 10.1. The van der Waals surface area contributed by atoms with Gasteiger partial charge in [-0.1, -0.05) is 23.2 Å². The molecule has 0 aromatic heterocycles. The lowest BCUT2D eigenvalue weighted by molar-refractivity contribution is -0.386. The van der Waals surface area contributed by atoms with Crippen molar-refractivity contribution in [3.05, 3.63) is 107 Å². The molecule has 0 saturated heterocycles. The summed E-state index contributed by atoms with van der Waals surface area (Å²) in [5.74, 6) is -2.94. The third-order valence-corrected chi connectivity index (χ3v) is 11.1. The van der Waals surface area contributed by atoms with Gasteiger partial charge in [-0.3, -0.25) is 34.1 Å². The van der Waals surface area contributed by atoms with Crippen LogP contribution in [0.1, 0.15) is 57.4 Å². The molecule has 65 heavy (non-hydrogen) atoms. The largest absolute Gasteiger partial charge is 0.504 e. The average molecular weight is 1050 g/mol. The van der Waals surface area contributed by atoms with Crippen LogP contribution in [0.4, 0.5) is 5.69 Å². The SMILES string of the molecule is C=S(=O)(O)c1cc(C=O)cc(O)c1O.CS(=O)(=O)c1cc(C=O)cc(O)c1O.Cc1cc(C=O)c(Br)c(O)c1O.O=Cc1cc(Cl)c(O)c(O)c1Cl.O=Cc1ccc(O)c(O)c1[N+](=O)[O-]. The second-order valence-electron chi connectivity index (χ2n) is 12.2. The van der Waals surface area contributed by atoms with Crippen molar-refractivity contribution in [1.29, 1.82) is 0 Å². The van der Waals surface area contributed by atoms with Crippen LogP contribution in [0.15, 0.2) is 62.8 Å². The predicted octanol–water partition coefficient (Wildman–Crippen LogP) is 5.79. The number of phenolic OH excluding ortho intramolecular Hbond substituents is 10. The Labute approximate surface area is 384 Å². The molecule has 0 fully saturated rings. The minimum atomic E-state index is -3.66. The summed E-state index contributed by atoms with van der Waals surface area (Å²) in [6.45, 7) is 1.61. The van der Waals surface area contributed by atoms with Gasteiger partial charge in [0.2, 0.25) is 5.75 Å².